The lowest BCUT2D eigenvalue weighted by atomic mass is 9.88. The molecule has 0 aliphatic rings. The van der Waals surface area contributed by atoms with Crippen molar-refractivity contribution < 1.29 is 39.5 Å². The van der Waals surface area contributed by atoms with Crippen LogP contribution < -0.4 is 9.47 Å². The largest absolute Gasteiger partial charge is 0.507 e. The Morgan fingerprint density at radius 1 is 1.03 bits per heavy atom. The molecule has 0 saturated carbocycles. The lowest BCUT2D eigenvalue weighted by Gasteiger charge is -2.29. The number of aldehydes is 1. The minimum absolute atomic E-state index is 0.0172. The van der Waals surface area contributed by atoms with Crippen LogP contribution in [-0.4, -0.2) is 52.0 Å². The Balaban J connectivity index is 2.00. The SMILES string of the molecule is BC(O)(CCCC(O)(O)Oc1cccc(C=O)c1C)Oc1ccc(C(=O)CCC)c(O)c1C. The molecule has 4 N–H and O–H groups in total. The van der Waals surface area contributed by atoms with Gasteiger partial charge < -0.3 is 29.9 Å². The van der Waals surface area contributed by atoms with Crippen LogP contribution in [0.1, 0.15) is 70.9 Å². The summed E-state index contributed by atoms with van der Waals surface area (Å²) in [5.41, 5.74) is -0.301. The first-order chi connectivity index (χ1) is 15.4. The number of aromatic hydroxyl groups is 1. The topological polar surface area (TPSA) is 134 Å². The minimum Gasteiger partial charge on any atom is -0.507 e. The van der Waals surface area contributed by atoms with Crippen molar-refractivity contribution in [2.45, 2.75) is 64.5 Å². The summed E-state index contributed by atoms with van der Waals surface area (Å²) in [6, 6.07) is 7.65. The zero-order chi connectivity index (χ0) is 24.8. The first kappa shape index (κ1) is 26.4. The lowest BCUT2D eigenvalue weighted by molar-refractivity contribution is -0.296. The van der Waals surface area contributed by atoms with Gasteiger partial charge in [-0.25, -0.2) is 0 Å². The van der Waals surface area contributed by atoms with Crippen molar-refractivity contribution in [2.24, 2.45) is 0 Å². The van der Waals surface area contributed by atoms with Crippen LogP contribution in [0.4, 0.5) is 0 Å². The van der Waals surface area contributed by atoms with E-state index in [1.54, 1.807) is 26.0 Å². The zero-order valence-corrected chi connectivity index (χ0v) is 19.4. The van der Waals surface area contributed by atoms with Crippen LogP contribution in [0.15, 0.2) is 30.3 Å². The summed E-state index contributed by atoms with van der Waals surface area (Å²) < 4.78 is 10.9. The predicted molar refractivity (Wildman–Crippen MR) is 124 cm³/mol. The van der Waals surface area contributed by atoms with E-state index < -0.39 is 11.7 Å². The first-order valence-electron chi connectivity index (χ1n) is 10.9. The van der Waals surface area contributed by atoms with Crippen molar-refractivity contribution in [1.29, 1.82) is 0 Å². The number of phenolic OH excluding ortho intramolecular Hbond substituents is 1. The maximum Gasteiger partial charge on any atom is 0.321 e. The minimum atomic E-state index is -2.52. The van der Waals surface area contributed by atoms with Crippen molar-refractivity contribution in [3.63, 3.8) is 0 Å². The number of carbonyl (C=O) groups excluding carboxylic acids is 2. The predicted octanol–water partition coefficient (Wildman–Crippen LogP) is 2.35. The van der Waals surface area contributed by atoms with Gasteiger partial charge in [-0.15, -0.1) is 0 Å². The fourth-order valence-corrected chi connectivity index (χ4v) is 3.41. The third kappa shape index (κ3) is 7.05. The Hall–Kier alpha value is -2.88. The molecule has 33 heavy (non-hydrogen) atoms. The summed E-state index contributed by atoms with van der Waals surface area (Å²) in [6.45, 7) is 5.09. The summed E-state index contributed by atoms with van der Waals surface area (Å²) in [5, 5.41) is 41.4. The van der Waals surface area contributed by atoms with E-state index in [0.29, 0.717) is 35.8 Å². The van der Waals surface area contributed by atoms with Gasteiger partial charge in [0.05, 0.1) is 5.56 Å². The molecule has 1 unspecified atom stereocenters. The smallest absolute Gasteiger partial charge is 0.321 e. The van der Waals surface area contributed by atoms with E-state index in [1.807, 2.05) is 6.92 Å². The number of aliphatic hydroxyl groups is 3. The van der Waals surface area contributed by atoms with Gasteiger partial charge in [0, 0.05) is 36.0 Å². The number of Topliss-reactive ketones (excluding diaryl/α,β-unsaturated/α-hetero) is 1. The van der Waals surface area contributed by atoms with Crippen LogP contribution in [0, 0.1) is 13.8 Å². The highest BCUT2D eigenvalue weighted by atomic mass is 16.8. The maximum absolute atomic E-state index is 12.1. The van der Waals surface area contributed by atoms with Crippen LogP contribution in [-0.2, 0) is 0 Å². The standard InChI is InChI=1S/C24H31BO8/c1-4-7-19(27)18-10-11-21(16(3)22(18)28)32-23(25,29)12-6-13-24(30,31)33-20-9-5-8-17(14-26)15(20)2/h5,8-11,14,28-31H,4,6-7,12-13,25H2,1-3H3. The molecule has 0 aromatic heterocycles. The molecule has 0 aliphatic heterocycles. The Kier molecular flexibility index (Phi) is 8.66. The first-order valence-corrected chi connectivity index (χ1v) is 10.9. The van der Waals surface area contributed by atoms with Crippen molar-refractivity contribution in [3.05, 3.63) is 52.6 Å². The average Bonchev–Trinajstić information content (AvgIpc) is 2.72. The molecular formula is C24H31BO8. The molecule has 1 atom stereocenters. The molecule has 0 aliphatic carbocycles. The van der Waals surface area contributed by atoms with E-state index in [9.17, 15) is 30.0 Å². The summed E-state index contributed by atoms with van der Waals surface area (Å²) in [6.07, 6.45) is 1.52. The van der Waals surface area contributed by atoms with E-state index in [-0.39, 0.29) is 47.9 Å². The van der Waals surface area contributed by atoms with E-state index in [1.165, 1.54) is 26.0 Å². The van der Waals surface area contributed by atoms with Crippen LogP contribution >= 0.6 is 0 Å². The molecule has 0 fully saturated rings. The molecule has 2 rings (SSSR count). The molecule has 8 nitrogen and oxygen atoms in total. The third-order valence-corrected chi connectivity index (χ3v) is 5.36. The van der Waals surface area contributed by atoms with Crippen molar-refractivity contribution in [2.75, 3.05) is 0 Å². The monoisotopic (exact) mass is 458 g/mol. The maximum atomic E-state index is 12.1. The summed E-state index contributed by atoms with van der Waals surface area (Å²) >= 11 is 0. The van der Waals surface area contributed by atoms with Gasteiger partial charge in [-0.3, -0.25) is 9.59 Å². The van der Waals surface area contributed by atoms with E-state index in [4.69, 9.17) is 9.47 Å². The van der Waals surface area contributed by atoms with Gasteiger partial charge in [-0.1, -0.05) is 19.1 Å². The number of ketones is 1. The Morgan fingerprint density at radius 2 is 1.70 bits per heavy atom. The number of carbonyl (C=O) groups is 2. The Morgan fingerprint density at radius 3 is 2.33 bits per heavy atom. The average molecular weight is 458 g/mol. The highest BCUT2D eigenvalue weighted by molar-refractivity contribution is 6.13. The van der Waals surface area contributed by atoms with Crippen LogP contribution in [0.25, 0.3) is 0 Å². The molecule has 0 bridgehead atoms. The highest BCUT2D eigenvalue weighted by Crippen LogP contribution is 2.34. The molecule has 0 amide bonds. The van der Waals surface area contributed by atoms with Crippen molar-refractivity contribution in [1.82, 2.24) is 0 Å². The Bertz CT molecular complexity index is 1000. The molecule has 9 heteroatoms. The number of hydrogen-bond donors (Lipinski definition) is 4. The number of ether oxygens (including phenoxy) is 2. The molecular weight excluding hydrogens is 427 g/mol. The fourth-order valence-electron chi connectivity index (χ4n) is 3.41. The highest BCUT2D eigenvalue weighted by Gasteiger charge is 2.30. The van der Waals surface area contributed by atoms with Gasteiger partial charge >= 0.3 is 5.97 Å². The second kappa shape index (κ2) is 10.8. The molecule has 2 aromatic rings. The normalized spacial score (nSPS) is 13.3. The number of hydrogen-bond acceptors (Lipinski definition) is 8. The van der Waals surface area contributed by atoms with Crippen molar-refractivity contribution in [3.8, 4) is 17.2 Å². The number of rotatable bonds is 12. The van der Waals surface area contributed by atoms with Gasteiger partial charge in [-0.2, -0.15) is 0 Å². The number of phenols is 1. The molecule has 0 spiro atoms. The van der Waals surface area contributed by atoms with Crippen LogP contribution in [0.5, 0.6) is 17.2 Å². The molecule has 0 saturated heterocycles. The lowest BCUT2D eigenvalue weighted by Crippen LogP contribution is -2.39. The van der Waals surface area contributed by atoms with Gasteiger partial charge in [0.15, 0.2) is 19.3 Å². The summed E-state index contributed by atoms with van der Waals surface area (Å²) in [7, 11) is 1.41. The zero-order valence-electron chi connectivity index (χ0n) is 19.4. The molecule has 0 heterocycles. The van der Waals surface area contributed by atoms with E-state index in [2.05, 4.69) is 0 Å². The second-order valence-electron chi connectivity index (χ2n) is 8.32. The van der Waals surface area contributed by atoms with E-state index in [0.717, 1.165) is 0 Å². The summed E-state index contributed by atoms with van der Waals surface area (Å²) in [4.78, 5) is 23.2. The third-order valence-electron chi connectivity index (χ3n) is 5.36. The van der Waals surface area contributed by atoms with Crippen LogP contribution in [0.3, 0.4) is 0 Å². The van der Waals surface area contributed by atoms with E-state index >= 15 is 0 Å². The second-order valence-corrected chi connectivity index (χ2v) is 8.32. The van der Waals surface area contributed by atoms with Crippen LogP contribution in [0.2, 0.25) is 0 Å². The summed E-state index contributed by atoms with van der Waals surface area (Å²) in [5.74, 6) is -2.50. The molecule has 178 valence electrons. The fraction of sp³-hybridized carbons (Fsp3) is 0.417. The van der Waals surface area contributed by atoms with Crippen molar-refractivity contribution >= 4 is 19.9 Å². The Labute approximate surface area is 194 Å². The van der Waals surface area contributed by atoms with Gasteiger partial charge in [-0.05, 0) is 44.9 Å². The van der Waals surface area contributed by atoms with Gasteiger partial charge in [0.2, 0.25) is 0 Å². The van der Waals surface area contributed by atoms with Gasteiger partial charge in [0.25, 0.3) is 0 Å². The van der Waals surface area contributed by atoms with Gasteiger partial charge in [0.1, 0.15) is 23.5 Å². The molecule has 0 radical (unpaired) electrons. The number of benzene rings is 2. The quantitative estimate of drug-likeness (QED) is 0.165. The molecule has 2 aromatic carbocycles.